The van der Waals surface area contributed by atoms with Gasteiger partial charge in [0, 0.05) is 36.8 Å². The lowest BCUT2D eigenvalue weighted by Crippen LogP contribution is -2.38. The molecule has 0 radical (unpaired) electrons. The van der Waals surface area contributed by atoms with Gasteiger partial charge < -0.3 is 9.80 Å². The Morgan fingerprint density at radius 2 is 2.10 bits per heavy atom. The molecule has 2 amide bonds. The number of aromatic amines is 1. The third-order valence-electron chi connectivity index (χ3n) is 5.68. The summed E-state index contributed by atoms with van der Waals surface area (Å²) >= 11 is 1.71. The van der Waals surface area contributed by atoms with Gasteiger partial charge in [-0.25, -0.2) is 0 Å². The summed E-state index contributed by atoms with van der Waals surface area (Å²) in [6, 6.07) is 12.5. The largest absolute Gasteiger partial charge is 0.337 e. The van der Waals surface area contributed by atoms with E-state index in [1.165, 1.54) is 10.4 Å². The number of aromatic nitrogens is 2. The van der Waals surface area contributed by atoms with Gasteiger partial charge in [0.1, 0.15) is 0 Å². The first-order chi connectivity index (χ1) is 15.1. The molecule has 2 aromatic heterocycles. The molecule has 0 unspecified atom stereocenters. The van der Waals surface area contributed by atoms with E-state index in [0.717, 1.165) is 11.3 Å². The van der Waals surface area contributed by atoms with Crippen molar-refractivity contribution in [2.75, 3.05) is 26.2 Å². The van der Waals surface area contributed by atoms with E-state index in [1.54, 1.807) is 33.4 Å². The minimum atomic E-state index is -0.300. The molecule has 31 heavy (non-hydrogen) atoms. The highest BCUT2D eigenvalue weighted by atomic mass is 32.1. The SMILES string of the molecule is C=CCN1CCN(C(=O)c2cn[nH]c2C)C[C@@H](Cc2ccc(-c3cccs3)cc2)C1=O. The standard InChI is InChI=1S/C24H26N4O2S/c1-3-10-27-11-12-28(24(30)21-15-25-26-17(21)2)16-20(23(27)29)14-18-6-8-19(9-7-18)22-5-4-13-31-22/h3-9,13,15,20H,1,10-12,14,16H2,2H3,(H,25,26)/t20-/m1/s1. The number of H-pyrrole nitrogens is 1. The van der Waals surface area contributed by atoms with Gasteiger partial charge >= 0.3 is 0 Å². The molecule has 160 valence electrons. The lowest BCUT2D eigenvalue weighted by molar-refractivity contribution is -0.134. The van der Waals surface area contributed by atoms with E-state index < -0.39 is 0 Å². The van der Waals surface area contributed by atoms with Crippen LogP contribution >= 0.6 is 11.3 Å². The topological polar surface area (TPSA) is 69.3 Å². The number of rotatable bonds is 6. The number of hydrogen-bond donors (Lipinski definition) is 1. The van der Waals surface area contributed by atoms with E-state index in [2.05, 4.69) is 52.5 Å². The Balaban J connectivity index is 1.55. The van der Waals surface area contributed by atoms with Crippen molar-refractivity contribution in [2.45, 2.75) is 13.3 Å². The molecule has 1 N–H and O–H groups in total. The first kappa shape index (κ1) is 21.1. The van der Waals surface area contributed by atoms with Crippen LogP contribution in [0.25, 0.3) is 10.4 Å². The van der Waals surface area contributed by atoms with Crippen molar-refractivity contribution < 1.29 is 9.59 Å². The Morgan fingerprint density at radius 1 is 1.29 bits per heavy atom. The molecule has 0 spiro atoms. The van der Waals surface area contributed by atoms with Crippen molar-refractivity contribution in [3.63, 3.8) is 0 Å². The summed E-state index contributed by atoms with van der Waals surface area (Å²) in [5.74, 6) is -0.315. The highest BCUT2D eigenvalue weighted by Crippen LogP contribution is 2.26. The maximum atomic E-state index is 13.2. The van der Waals surface area contributed by atoms with Gasteiger partial charge in [-0.15, -0.1) is 17.9 Å². The average Bonchev–Trinajstić information content (AvgIpc) is 3.43. The minimum Gasteiger partial charge on any atom is -0.337 e. The summed E-state index contributed by atoms with van der Waals surface area (Å²) in [5, 5.41) is 8.86. The van der Waals surface area contributed by atoms with Crippen molar-refractivity contribution >= 4 is 23.2 Å². The van der Waals surface area contributed by atoms with Crippen LogP contribution in [0.15, 0.2) is 60.6 Å². The van der Waals surface area contributed by atoms with Crippen molar-refractivity contribution in [3.05, 3.63) is 77.5 Å². The fraction of sp³-hybridized carbons (Fsp3) is 0.292. The van der Waals surface area contributed by atoms with E-state index in [9.17, 15) is 9.59 Å². The van der Waals surface area contributed by atoms with Crippen LogP contribution < -0.4 is 0 Å². The molecule has 1 aliphatic heterocycles. The first-order valence-electron chi connectivity index (χ1n) is 10.4. The molecule has 3 heterocycles. The van der Waals surface area contributed by atoms with Gasteiger partial charge in [-0.05, 0) is 35.9 Å². The number of aryl methyl sites for hydroxylation is 1. The highest BCUT2D eigenvalue weighted by Gasteiger charge is 2.32. The lowest BCUT2D eigenvalue weighted by atomic mass is 9.96. The number of thiophene rings is 1. The van der Waals surface area contributed by atoms with Crippen molar-refractivity contribution in [1.82, 2.24) is 20.0 Å². The van der Waals surface area contributed by atoms with Gasteiger partial charge in [0.25, 0.3) is 5.91 Å². The zero-order valence-electron chi connectivity index (χ0n) is 17.6. The van der Waals surface area contributed by atoms with E-state index in [4.69, 9.17) is 0 Å². The molecule has 1 saturated heterocycles. The summed E-state index contributed by atoms with van der Waals surface area (Å²) in [7, 11) is 0. The molecule has 1 atom stereocenters. The Hall–Kier alpha value is -3.19. The second kappa shape index (κ2) is 9.31. The number of nitrogens with one attached hydrogen (secondary N) is 1. The van der Waals surface area contributed by atoms with Crippen LogP contribution in [0.2, 0.25) is 0 Å². The number of amides is 2. The highest BCUT2D eigenvalue weighted by molar-refractivity contribution is 7.13. The fourth-order valence-corrected chi connectivity index (χ4v) is 4.72. The predicted octanol–water partition coefficient (Wildman–Crippen LogP) is 3.78. The maximum absolute atomic E-state index is 13.2. The number of hydrogen-bond acceptors (Lipinski definition) is 4. The fourth-order valence-electron chi connectivity index (χ4n) is 3.99. The van der Waals surface area contributed by atoms with Crippen LogP contribution in [0.3, 0.4) is 0 Å². The Labute approximate surface area is 186 Å². The summed E-state index contributed by atoms with van der Waals surface area (Å²) in [6.07, 6.45) is 3.89. The maximum Gasteiger partial charge on any atom is 0.257 e. The van der Waals surface area contributed by atoms with Gasteiger partial charge in [-0.3, -0.25) is 14.7 Å². The smallest absolute Gasteiger partial charge is 0.257 e. The molecule has 1 aliphatic rings. The van der Waals surface area contributed by atoms with Gasteiger partial charge in [0.15, 0.2) is 0 Å². The van der Waals surface area contributed by atoms with Crippen LogP contribution in [0, 0.1) is 12.8 Å². The van der Waals surface area contributed by atoms with E-state index in [-0.39, 0.29) is 17.7 Å². The van der Waals surface area contributed by atoms with E-state index >= 15 is 0 Å². The minimum absolute atomic E-state index is 0.0708. The number of carbonyl (C=O) groups is 2. The second-order valence-corrected chi connectivity index (χ2v) is 8.76. The first-order valence-corrected chi connectivity index (χ1v) is 11.3. The molecule has 0 bridgehead atoms. The zero-order chi connectivity index (χ0) is 21.8. The Kier molecular flexibility index (Phi) is 6.32. The molecule has 6 nitrogen and oxygen atoms in total. The molecule has 3 aromatic rings. The zero-order valence-corrected chi connectivity index (χ0v) is 18.4. The summed E-state index contributed by atoms with van der Waals surface area (Å²) in [6.45, 7) is 7.49. The molecule has 0 aliphatic carbocycles. The summed E-state index contributed by atoms with van der Waals surface area (Å²) in [5.41, 5.74) is 3.56. The number of carbonyl (C=O) groups excluding carboxylic acids is 2. The number of nitrogens with zero attached hydrogens (tertiary/aromatic N) is 3. The monoisotopic (exact) mass is 434 g/mol. The van der Waals surface area contributed by atoms with Gasteiger partial charge in [0.2, 0.25) is 5.91 Å². The predicted molar refractivity (Wildman–Crippen MR) is 123 cm³/mol. The Bertz CT molecular complexity index is 1060. The Morgan fingerprint density at radius 3 is 2.74 bits per heavy atom. The molecule has 1 fully saturated rings. The van der Waals surface area contributed by atoms with Crippen LogP contribution in [-0.4, -0.2) is 58.0 Å². The van der Waals surface area contributed by atoms with E-state index in [0.29, 0.717) is 38.2 Å². The van der Waals surface area contributed by atoms with Crippen LogP contribution in [0.5, 0.6) is 0 Å². The molecule has 0 saturated carbocycles. The normalized spacial score (nSPS) is 16.9. The van der Waals surface area contributed by atoms with Crippen molar-refractivity contribution in [1.29, 1.82) is 0 Å². The quantitative estimate of drug-likeness (QED) is 0.601. The number of benzene rings is 1. The third-order valence-corrected chi connectivity index (χ3v) is 6.60. The van der Waals surface area contributed by atoms with Gasteiger partial charge in [-0.1, -0.05) is 36.4 Å². The van der Waals surface area contributed by atoms with Gasteiger partial charge in [0.05, 0.1) is 17.7 Å². The molecule has 7 heteroatoms. The van der Waals surface area contributed by atoms with Crippen LogP contribution in [0.4, 0.5) is 0 Å². The average molecular weight is 435 g/mol. The lowest BCUT2D eigenvalue weighted by Gasteiger charge is -2.23. The van der Waals surface area contributed by atoms with E-state index in [1.807, 2.05) is 13.0 Å². The molecular formula is C24H26N4O2S. The van der Waals surface area contributed by atoms with Crippen molar-refractivity contribution in [2.24, 2.45) is 5.92 Å². The third kappa shape index (κ3) is 4.61. The molecule has 4 rings (SSSR count). The van der Waals surface area contributed by atoms with Crippen LogP contribution in [-0.2, 0) is 11.2 Å². The molecule has 1 aromatic carbocycles. The second-order valence-electron chi connectivity index (χ2n) is 7.81. The summed E-state index contributed by atoms with van der Waals surface area (Å²) < 4.78 is 0. The van der Waals surface area contributed by atoms with Crippen LogP contribution in [0.1, 0.15) is 21.6 Å². The summed E-state index contributed by atoms with van der Waals surface area (Å²) in [4.78, 5) is 31.1. The molecular weight excluding hydrogens is 408 g/mol. The van der Waals surface area contributed by atoms with Gasteiger partial charge in [-0.2, -0.15) is 5.10 Å². The van der Waals surface area contributed by atoms with Crippen molar-refractivity contribution in [3.8, 4) is 10.4 Å².